The van der Waals surface area contributed by atoms with Gasteiger partial charge >= 0.3 is 12.1 Å². The molecule has 3 rings (SSSR count). The molecule has 2 heterocycles. The van der Waals surface area contributed by atoms with Crippen molar-refractivity contribution in [3.05, 3.63) is 35.7 Å². The van der Waals surface area contributed by atoms with Gasteiger partial charge in [0.15, 0.2) is 0 Å². The number of halogens is 3. The molecule has 0 bridgehead atoms. The maximum absolute atomic E-state index is 12.5. The second kappa shape index (κ2) is 8.05. The number of hydrogen-bond donors (Lipinski definition) is 1. The van der Waals surface area contributed by atoms with E-state index in [-0.39, 0.29) is 37.3 Å². The Bertz CT molecular complexity index is 770. The molecule has 1 amide bonds. The summed E-state index contributed by atoms with van der Waals surface area (Å²) in [6, 6.07) is 6.45. The predicted octanol–water partition coefficient (Wildman–Crippen LogP) is 2.11. The van der Waals surface area contributed by atoms with Crippen LogP contribution in [0, 0.1) is 5.92 Å². The second-order valence-electron chi connectivity index (χ2n) is 6.16. The van der Waals surface area contributed by atoms with Crippen molar-refractivity contribution in [1.82, 2.24) is 15.0 Å². The highest BCUT2D eigenvalue weighted by molar-refractivity contribution is 5.79. The van der Waals surface area contributed by atoms with Crippen LogP contribution < -0.4 is 0 Å². The number of benzene rings is 1. The van der Waals surface area contributed by atoms with Gasteiger partial charge in [-0.05, 0) is 12.0 Å². The number of rotatable bonds is 6. The fourth-order valence-corrected chi connectivity index (χ4v) is 2.81. The lowest BCUT2D eigenvalue weighted by atomic mass is 10.1. The molecule has 1 aliphatic heterocycles. The van der Waals surface area contributed by atoms with Crippen LogP contribution in [0.3, 0.4) is 0 Å². The highest BCUT2D eigenvalue weighted by atomic mass is 19.4. The molecule has 0 saturated carbocycles. The number of amides is 1. The fourth-order valence-electron chi connectivity index (χ4n) is 2.81. The van der Waals surface area contributed by atoms with E-state index in [1.54, 1.807) is 29.2 Å². The van der Waals surface area contributed by atoms with Gasteiger partial charge in [-0.15, -0.1) is 0 Å². The first-order chi connectivity index (χ1) is 12.9. The average Bonchev–Trinajstić information content (AvgIpc) is 3.33. The molecular weight excluding hydrogens is 367 g/mol. The molecule has 1 saturated heterocycles. The van der Waals surface area contributed by atoms with E-state index in [0.29, 0.717) is 25.2 Å². The van der Waals surface area contributed by atoms with Crippen molar-refractivity contribution < 1.29 is 32.3 Å². The first-order valence-electron chi connectivity index (χ1n) is 8.36. The van der Waals surface area contributed by atoms with Crippen molar-refractivity contribution in [2.24, 2.45) is 5.92 Å². The molecule has 10 heteroatoms. The van der Waals surface area contributed by atoms with Crippen molar-refractivity contribution >= 4 is 5.91 Å². The predicted molar refractivity (Wildman–Crippen MR) is 86.2 cm³/mol. The highest BCUT2D eigenvalue weighted by Crippen LogP contribution is 2.29. The van der Waals surface area contributed by atoms with Crippen LogP contribution in [-0.2, 0) is 22.3 Å². The van der Waals surface area contributed by atoms with Crippen molar-refractivity contribution in [1.29, 1.82) is 0 Å². The quantitative estimate of drug-likeness (QED) is 0.819. The molecule has 1 aromatic heterocycles. The van der Waals surface area contributed by atoms with Crippen LogP contribution >= 0.6 is 0 Å². The summed E-state index contributed by atoms with van der Waals surface area (Å²) in [5.41, 5.74) is 1.13. The molecule has 0 aliphatic carbocycles. The van der Waals surface area contributed by atoms with Gasteiger partial charge in [-0.1, -0.05) is 29.4 Å². The van der Waals surface area contributed by atoms with Gasteiger partial charge in [0.25, 0.3) is 0 Å². The minimum atomic E-state index is -4.69. The molecule has 2 aromatic rings. The lowest BCUT2D eigenvalue weighted by molar-refractivity contribution is -0.159. The molecule has 1 atom stereocenters. The zero-order valence-corrected chi connectivity index (χ0v) is 14.3. The Morgan fingerprint density at radius 2 is 2.04 bits per heavy atom. The van der Waals surface area contributed by atoms with Crippen molar-refractivity contribution in [2.75, 3.05) is 26.4 Å². The summed E-state index contributed by atoms with van der Waals surface area (Å²) in [6.07, 6.45) is -4.04. The third kappa shape index (κ3) is 4.64. The molecule has 1 aliphatic rings. The number of aliphatic hydroxyl groups is 1. The summed E-state index contributed by atoms with van der Waals surface area (Å²) in [6.45, 7) is 1.22. The van der Waals surface area contributed by atoms with E-state index < -0.39 is 12.1 Å². The molecule has 7 nitrogen and oxygen atoms in total. The minimum absolute atomic E-state index is 0.0846. The number of carbonyl (C=O) groups excluding carboxylic acids is 1. The summed E-state index contributed by atoms with van der Waals surface area (Å²) in [4.78, 5) is 17.4. The van der Waals surface area contributed by atoms with Crippen LogP contribution in [0.25, 0.3) is 11.4 Å². The number of alkyl halides is 3. The first-order valence-corrected chi connectivity index (χ1v) is 8.36. The van der Waals surface area contributed by atoms with Gasteiger partial charge in [-0.3, -0.25) is 4.79 Å². The van der Waals surface area contributed by atoms with Crippen LogP contribution in [0.1, 0.15) is 17.9 Å². The Balaban J connectivity index is 1.70. The van der Waals surface area contributed by atoms with E-state index in [0.717, 1.165) is 5.56 Å². The van der Waals surface area contributed by atoms with E-state index in [1.807, 2.05) is 0 Å². The zero-order chi connectivity index (χ0) is 19.4. The Morgan fingerprint density at radius 3 is 2.59 bits per heavy atom. The number of aliphatic hydroxyl groups excluding tert-OH is 1. The SMILES string of the molecule is O=C(C1CCOC1)N(CCO)Cc1ccc(-c2noc(C(F)(F)F)n2)cc1. The number of ether oxygens (including phenoxy) is 1. The minimum Gasteiger partial charge on any atom is -0.395 e. The van der Waals surface area contributed by atoms with Gasteiger partial charge in [-0.25, -0.2) is 0 Å². The summed E-state index contributed by atoms with van der Waals surface area (Å²) < 4.78 is 47.1. The average molecular weight is 385 g/mol. The number of carbonyl (C=O) groups is 1. The molecule has 146 valence electrons. The van der Waals surface area contributed by atoms with Crippen molar-refractivity contribution in [3.8, 4) is 11.4 Å². The van der Waals surface area contributed by atoms with E-state index in [4.69, 9.17) is 4.74 Å². The summed E-state index contributed by atoms with van der Waals surface area (Å²) >= 11 is 0. The largest absolute Gasteiger partial charge is 0.471 e. The van der Waals surface area contributed by atoms with Gasteiger partial charge in [-0.2, -0.15) is 18.2 Å². The molecule has 0 radical (unpaired) electrons. The molecule has 1 fully saturated rings. The number of nitrogens with zero attached hydrogens (tertiary/aromatic N) is 3. The molecule has 1 aromatic carbocycles. The van der Waals surface area contributed by atoms with Crippen LogP contribution in [0.15, 0.2) is 28.8 Å². The maximum atomic E-state index is 12.5. The molecule has 27 heavy (non-hydrogen) atoms. The van der Waals surface area contributed by atoms with E-state index >= 15 is 0 Å². The van der Waals surface area contributed by atoms with E-state index in [2.05, 4.69) is 14.7 Å². The van der Waals surface area contributed by atoms with Crippen molar-refractivity contribution in [2.45, 2.75) is 19.1 Å². The Labute approximate surface area is 152 Å². The summed E-state index contributed by atoms with van der Waals surface area (Å²) in [5, 5.41) is 12.6. The van der Waals surface area contributed by atoms with Crippen LogP contribution in [-0.4, -0.2) is 52.4 Å². The summed E-state index contributed by atoms with van der Waals surface area (Å²) in [7, 11) is 0. The van der Waals surface area contributed by atoms with Crippen LogP contribution in [0.5, 0.6) is 0 Å². The first kappa shape index (κ1) is 19.3. The van der Waals surface area contributed by atoms with Crippen LogP contribution in [0.2, 0.25) is 0 Å². The molecular formula is C17H18F3N3O4. The topological polar surface area (TPSA) is 88.7 Å². The number of hydrogen-bond acceptors (Lipinski definition) is 6. The summed E-state index contributed by atoms with van der Waals surface area (Å²) in [5.74, 6) is -1.87. The van der Waals surface area contributed by atoms with Crippen LogP contribution in [0.4, 0.5) is 13.2 Å². The van der Waals surface area contributed by atoms with Gasteiger partial charge in [0.1, 0.15) is 0 Å². The van der Waals surface area contributed by atoms with Crippen molar-refractivity contribution in [3.63, 3.8) is 0 Å². The Hall–Kier alpha value is -2.46. The van der Waals surface area contributed by atoms with E-state index in [1.165, 1.54) is 0 Å². The molecule has 1 unspecified atom stereocenters. The Kier molecular flexibility index (Phi) is 5.76. The number of aromatic nitrogens is 2. The maximum Gasteiger partial charge on any atom is 0.471 e. The smallest absolute Gasteiger partial charge is 0.395 e. The van der Waals surface area contributed by atoms with E-state index in [9.17, 15) is 23.1 Å². The Morgan fingerprint density at radius 1 is 1.30 bits per heavy atom. The molecule has 0 spiro atoms. The van der Waals surface area contributed by atoms with Gasteiger partial charge in [0.2, 0.25) is 11.7 Å². The third-order valence-electron chi connectivity index (χ3n) is 4.21. The normalized spacial score (nSPS) is 17.3. The van der Waals surface area contributed by atoms with Gasteiger partial charge < -0.3 is 19.3 Å². The lowest BCUT2D eigenvalue weighted by Crippen LogP contribution is -2.37. The molecule has 1 N–H and O–H groups in total. The standard InChI is InChI=1S/C17H18F3N3O4/c18-17(19,20)16-21-14(22-27-16)12-3-1-11(2-4-12)9-23(6-7-24)15(25)13-5-8-26-10-13/h1-4,13,24H,5-10H2. The zero-order valence-electron chi connectivity index (χ0n) is 14.3. The van der Waals surface area contributed by atoms with Gasteiger partial charge in [0, 0.05) is 25.3 Å². The monoisotopic (exact) mass is 385 g/mol. The second-order valence-corrected chi connectivity index (χ2v) is 6.16. The fraction of sp³-hybridized carbons (Fsp3) is 0.471. The van der Waals surface area contributed by atoms with Gasteiger partial charge in [0.05, 0.1) is 19.1 Å². The lowest BCUT2D eigenvalue weighted by Gasteiger charge is -2.24. The highest BCUT2D eigenvalue weighted by Gasteiger charge is 2.38. The third-order valence-corrected chi connectivity index (χ3v) is 4.21.